The molecule has 15 heteroatoms. The van der Waals surface area contributed by atoms with Gasteiger partial charge < -0.3 is 33.9 Å². The number of thioether (sulfide) groups is 1. The van der Waals surface area contributed by atoms with Crippen molar-refractivity contribution in [3.63, 3.8) is 0 Å². The highest BCUT2D eigenvalue weighted by molar-refractivity contribution is 8.03. The zero-order chi connectivity index (χ0) is 32.3. The summed E-state index contributed by atoms with van der Waals surface area (Å²) in [4.78, 5) is 80.7. The van der Waals surface area contributed by atoms with Crippen molar-refractivity contribution in [3.05, 3.63) is 10.6 Å². The van der Waals surface area contributed by atoms with Gasteiger partial charge in [0.25, 0.3) is 0 Å². The molecule has 0 bridgehead atoms. The third kappa shape index (κ3) is 6.82. The number of rotatable bonds is 12. The molecule has 4 aliphatic rings. The number of likely N-dealkylation sites (tertiary alicyclic amines) is 1. The molecule has 6 atom stereocenters. The van der Waals surface area contributed by atoms with Gasteiger partial charge in [-0.25, -0.2) is 9.59 Å². The number of nitrogens with zero attached hydrogens (tertiary/aromatic N) is 3. The number of esters is 3. The third-order valence-electron chi connectivity index (χ3n) is 8.50. The zero-order valence-corrected chi connectivity index (χ0v) is 26.5. The first-order valence-corrected chi connectivity index (χ1v) is 15.8. The lowest BCUT2D eigenvalue weighted by Gasteiger charge is -2.46. The summed E-state index contributed by atoms with van der Waals surface area (Å²) in [5.41, 5.74) is 0.000333. The van der Waals surface area contributed by atoms with Gasteiger partial charge in [0.15, 0.2) is 0 Å². The maximum absolute atomic E-state index is 13.3. The van der Waals surface area contributed by atoms with E-state index in [1.807, 2.05) is 6.92 Å². The summed E-state index contributed by atoms with van der Waals surface area (Å²) in [5, 5.41) is 9.89. The minimum absolute atomic E-state index is 0.000333. The molecule has 0 aromatic carbocycles. The largest absolute Gasteiger partial charge is 0.428 e. The molecule has 244 valence electrons. The quantitative estimate of drug-likeness (QED) is 0.186. The number of ether oxygens (including phenoxy) is 4. The van der Waals surface area contributed by atoms with Crippen molar-refractivity contribution in [2.45, 2.75) is 82.7 Å². The van der Waals surface area contributed by atoms with Gasteiger partial charge in [-0.1, -0.05) is 20.3 Å². The highest BCUT2D eigenvalue weighted by Gasteiger charge is 2.60. The first kappa shape index (κ1) is 33.6. The van der Waals surface area contributed by atoms with E-state index in [2.05, 4.69) is 0 Å². The van der Waals surface area contributed by atoms with Gasteiger partial charge in [0.05, 0.1) is 24.0 Å². The fraction of sp³-hybridized carbons (Fsp3) is 0.724. The van der Waals surface area contributed by atoms with Crippen LogP contribution in [0.15, 0.2) is 10.6 Å². The van der Waals surface area contributed by atoms with Crippen LogP contribution < -0.4 is 0 Å². The first-order valence-electron chi connectivity index (χ1n) is 14.9. The van der Waals surface area contributed by atoms with Gasteiger partial charge in [0.2, 0.25) is 25.4 Å². The molecule has 4 rings (SSSR count). The van der Waals surface area contributed by atoms with Crippen LogP contribution in [0.3, 0.4) is 0 Å². The van der Waals surface area contributed by atoms with Gasteiger partial charge in [0.1, 0.15) is 11.7 Å². The van der Waals surface area contributed by atoms with Crippen molar-refractivity contribution in [1.29, 1.82) is 0 Å². The number of hydrogen-bond acceptors (Lipinski definition) is 12. The third-order valence-corrected chi connectivity index (χ3v) is 10.00. The van der Waals surface area contributed by atoms with Crippen LogP contribution in [0.1, 0.15) is 59.3 Å². The molecule has 0 aromatic rings. The Morgan fingerprint density at radius 3 is 2.34 bits per heavy atom. The van der Waals surface area contributed by atoms with Gasteiger partial charge >= 0.3 is 24.0 Å². The molecule has 1 saturated carbocycles. The van der Waals surface area contributed by atoms with E-state index in [4.69, 9.17) is 18.9 Å². The minimum Gasteiger partial charge on any atom is -0.428 e. The van der Waals surface area contributed by atoms with Crippen molar-refractivity contribution < 1.29 is 52.8 Å². The highest BCUT2D eigenvalue weighted by atomic mass is 32.2. The summed E-state index contributed by atoms with van der Waals surface area (Å²) in [6.07, 6.45) is 1.63. The van der Waals surface area contributed by atoms with Crippen LogP contribution in [0.25, 0.3) is 0 Å². The first-order chi connectivity index (χ1) is 20.9. The highest BCUT2D eigenvalue weighted by Crippen LogP contribution is 2.52. The van der Waals surface area contributed by atoms with E-state index in [0.29, 0.717) is 11.3 Å². The Morgan fingerprint density at radius 1 is 1.07 bits per heavy atom. The summed E-state index contributed by atoms with van der Waals surface area (Å²) in [7, 11) is 3.14. The Hall–Kier alpha value is -3.33. The standard InChI is InChI=1S/C29H41N3O11S/c1-6-8-20(34)40-13-42-28(38)23-24(15(2)22-21(16(3)33)26(36)32(22)23)44-18-11-19(25(35)30(4)5)31(12-18)29(39)43-14-41-27(37)17-9-7-10-17/h15-19,21-22,33H,6-14H2,1-5H3/t15-,16?,18+,19+,21-,22-/m1/s1. The minimum atomic E-state index is -0.944. The monoisotopic (exact) mass is 639 g/mol. The van der Waals surface area contributed by atoms with Crippen LogP contribution in [-0.4, -0.2) is 113 Å². The number of amides is 3. The number of hydrogen-bond donors (Lipinski definition) is 1. The van der Waals surface area contributed by atoms with Crippen molar-refractivity contribution in [2.75, 3.05) is 34.2 Å². The molecule has 0 spiro atoms. The topological polar surface area (TPSA) is 169 Å². The average molecular weight is 640 g/mol. The van der Waals surface area contributed by atoms with E-state index in [-0.39, 0.29) is 48.1 Å². The number of β-lactam (4-membered cyclic amide) rings is 1. The number of likely N-dealkylation sites (N-methyl/N-ethyl adjacent to an activating group) is 1. The molecule has 3 amide bonds. The Morgan fingerprint density at radius 2 is 1.75 bits per heavy atom. The van der Waals surface area contributed by atoms with Crippen LogP contribution in [0.5, 0.6) is 0 Å². The number of carbonyl (C=O) groups excluding carboxylic acids is 6. The molecule has 3 aliphatic heterocycles. The van der Waals surface area contributed by atoms with Crippen molar-refractivity contribution in [2.24, 2.45) is 17.8 Å². The lowest BCUT2D eigenvalue weighted by atomic mass is 9.79. The maximum atomic E-state index is 13.3. The van der Waals surface area contributed by atoms with Crippen molar-refractivity contribution >= 4 is 47.6 Å². The molecule has 0 aromatic heterocycles. The number of carbonyl (C=O) groups is 6. The number of aliphatic hydroxyl groups is 1. The van der Waals surface area contributed by atoms with Crippen molar-refractivity contribution in [3.8, 4) is 0 Å². The Labute approximate surface area is 260 Å². The normalized spacial score (nSPS) is 26.8. The fourth-order valence-corrected chi connectivity index (χ4v) is 7.46. The van der Waals surface area contributed by atoms with E-state index in [1.54, 1.807) is 21.0 Å². The summed E-state index contributed by atoms with van der Waals surface area (Å²) >= 11 is 1.26. The molecular formula is C29H41N3O11S. The Kier molecular flexibility index (Phi) is 10.8. The molecule has 3 heterocycles. The second-order valence-corrected chi connectivity index (χ2v) is 13.1. The summed E-state index contributed by atoms with van der Waals surface area (Å²) < 4.78 is 20.5. The fourth-order valence-electron chi connectivity index (χ4n) is 5.94. The van der Waals surface area contributed by atoms with Gasteiger partial charge in [-0.05, 0) is 32.6 Å². The van der Waals surface area contributed by atoms with E-state index >= 15 is 0 Å². The molecule has 1 aliphatic carbocycles. The lowest BCUT2D eigenvalue weighted by molar-refractivity contribution is -0.172. The lowest BCUT2D eigenvalue weighted by Crippen LogP contribution is -2.63. The van der Waals surface area contributed by atoms with Crippen molar-refractivity contribution in [1.82, 2.24) is 14.7 Å². The molecule has 1 unspecified atom stereocenters. The molecule has 44 heavy (non-hydrogen) atoms. The second-order valence-electron chi connectivity index (χ2n) is 11.8. The van der Waals surface area contributed by atoms with Crippen LogP contribution in [0, 0.1) is 17.8 Å². The van der Waals surface area contributed by atoms with Gasteiger partial charge in [-0.2, -0.15) is 0 Å². The maximum Gasteiger partial charge on any atom is 0.413 e. The van der Waals surface area contributed by atoms with Crippen LogP contribution in [0.4, 0.5) is 4.79 Å². The smallest absolute Gasteiger partial charge is 0.413 e. The van der Waals surface area contributed by atoms with Crippen LogP contribution in [0.2, 0.25) is 0 Å². The Balaban J connectivity index is 1.50. The predicted molar refractivity (Wildman–Crippen MR) is 154 cm³/mol. The van der Waals surface area contributed by atoms with Gasteiger partial charge in [0, 0.05) is 43.1 Å². The van der Waals surface area contributed by atoms with E-state index in [9.17, 15) is 33.9 Å². The molecule has 3 fully saturated rings. The summed E-state index contributed by atoms with van der Waals surface area (Å²) in [6.45, 7) is 4.06. The number of fused-ring (bicyclic) bond motifs is 1. The molecule has 0 radical (unpaired) electrons. The molecular weight excluding hydrogens is 598 g/mol. The predicted octanol–water partition coefficient (Wildman–Crippen LogP) is 1.60. The Bertz CT molecular complexity index is 1200. The SMILES string of the molecule is CCCC(=O)OCOC(=O)C1=C(S[C@H]2C[C@@H](C(=O)N(C)C)N(C(=O)OCOC(=O)C3CCC3)C2)[C@H](C)[C@@H]2[C@@H](C(C)O)C(=O)N12. The number of aliphatic hydroxyl groups excluding tert-OH is 1. The molecule has 1 N–H and O–H groups in total. The average Bonchev–Trinajstić information content (AvgIpc) is 3.44. The summed E-state index contributed by atoms with van der Waals surface area (Å²) in [5.74, 6) is -3.80. The van der Waals surface area contributed by atoms with Crippen LogP contribution in [-0.2, 0) is 42.9 Å². The second kappa shape index (κ2) is 14.2. The van der Waals surface area contributed by atoms with Gasteiger partial charge in [-0.3, -0.25) is 24.1 Å². The van der Waals surface area contributed by atoms with E-state index < -0.39 is 67.6 Å². The zero-order valence-electron chi connectivity index (χ0n) is 25.7. The molecule has 14 nitrogen and oxygen atoms in total. The van der Waals surface area contributed by atoms with E-state index in [0.717, 1.165) is 19.3 Å². The van der Waals surface area contributed by atoms with Gasteiger partial charge in [-0.15, -0.1) is 11.8 Å². The summed E-state index contributed by atoms with van der Waals surface area (Å²) in [6, 6.07) is -1.35. The van der Waals surface area contributed by atoms with E-state index in [1.165, 1.54) is 33.4 Å². The van der Waals surface area contributed by atoms with Crippen LogP contribution >= 0.6 is 11.8 Å². The molecule has 2 saturated heterocycles.